The maximum absolute atomic E-state index is 9.41. The SMILES string of the molecule is Cc1ccc(C(OCCOc2cc(OCCOP(OCCC#N)N(C(C)C)C(C)C)cc(-c3c4nc(c(-c5ccccc5)c5ccc([nH]5)c(-c5ccccc5)c5nc(c(-c6ccccc6)c6ccc3[nH]6)C=C5)C=C4)c2)(c2ccccc2)c2ccc(C)cc2)cc1. The molecule has 0 spiro atoms. The van der Waals surface area contributed by atoms with Gasteiger partial charge in [-0.15, -0.1) is 0 Å². The van der Waals surface area contributed by atoms with Gasteiger partial charge in [-0.3, -0.25) is 0 Å². The second-order valence-electron chi connectivity index (χ2n) is 23.0. The van der Waals surface area contributed by atoms with Crippen LogP contribution in [0.1, 0.15) is 84.7 Å². The van der Waals surface area contributed by atoms with Crippen molar-refractivity contribution < 1.29 is 23.3 Å². The summed E-state index contributed by atoms with van der Waals surface area (Å²) in [5.41, 5.74) is 18.7. The Kier molecular flexibility index (Phi) is 18.8. The van der Waals surface area contributed by atoms with Crippen molar-refractivity contribution in [3.8, 4) is 62.1 Å². The number of H-pyrrole nitrogens is 2. The Morgan fingerprint density at radius 1 is 0.433 bits per heavy atom. The molecule has 0 radical (unpaired) electrons. The molecule has 8 bridgehead atoms. The number of aromatic amines is 2. The Hall–Kier alpha value is -9.50. The third-order valence-corrected chi connectivity index (χ3v) is 18.2. The van der Waals surface area contributed by atoms with E-state index in [0.717, 1.165) is 117 Å². The van der Waals surface area contributed by atoms with Crippen LogP contribution in [0.2, 0.25) is 0 Å². The molecule has 11 nitrogen and oxygen atoms in total. The van der Waals surface area contributed by atoms with Crippen LogP contribution in [0.25, 0.3) is 90.9 Å². The minimum Gasteiger partial charge on any atom is -0.491 e. The molecule has 2 N–H and O–H groups in total. The fraction of sp³-hybridized carbons (Fsp3) is 0.192. The number of rotatable bonds is 23. The molecule has 0 saturated heterocycles. The van der Waals surface area contributed by atoms with Crippen LogP contribution in [0.15, 0.2) is 212 Å². The van der Waals surface area contributed by atoms with Crippen LogP contribution in [0.4, 0.5) is 0 Å². The van der Waals surface area contributed by atoms with Crippen LogP contribution in [0.5, 0.6) is 11.5 Å². The van der Waals surface area contributed by atoms with Gasteiger partial charge in [0.15, 0.2) is 0 Å². The zero-order valence-electron chi connectivity index (χ0n) is 51.7. The van der Waals surface area contributed by atoms with E-state index in [4.69, 9.17) is 33.2 Å². The quantitative estimate of drug-likeness (QED) is 0.0365. The van der Waals surface area contributed by atoms with Crippen LogP contribution in [0, 0.1) is 25.2 Å². The lowest BCUT2D eigenvalue weighted by Crippen LogP contribution is -2.34. The van der Waals surface area contributed by atoms with E-state index in [2.05, 4.69) is 269 Å². The van der Waals surface area contributed by atoms with Gasteiger partial charge in [0.1, 0.15) is 30.3 Å². The minimum absolute atomic E-state index is 0.142. The summed E-state index contributed by atoms with van der Waals surface area (Å²) in [4.78, 5) is 18.9. The lowest BCUT2D eigenvalue weighted by Gasteiger charge is -2.36. The van der Waals surface area contributed by atoms with Crippen LogP contribution in [-0.2, 0) is 19.4 Å². The first kappa shape index (κ1) is 60.8. The molecule has 450 valence electrons. The van der Waals surface area contributed by atoms with Gasteiger partial charge in [0, 0.05) is 62.5 Å². The molecule has 3 aromatic heterocycles. The van der Waals surface area contributed by atoms with E-state index in [1.807, 2.05) is 30.3 Å². The summed E-state index contributed by atoms with van der Waals surface area (Å²) in [7, 11) is -1.50. The van der Waals surface area contributed by atoms with Crippen molar-refractivity contribution in [2.75, 3.05) is 33.0 Å². The van der Waals surface area contributed by atoms with Crippen molar-refractivity contribution >= 4 is 54.9 Å². The Morgan fingerprint density at radius 3 is 1.20 bits per heavy atom. The molecular formula is C78H73N6O5P. The lowest BCUT2D eigenvalue weighted by molar-refractivity contribution is -0.00244. The van der Waals surface area contributed by atoms with E-state index in [1.54, 1.807) is 0 Å². The van der Waals surface area contributed by atoms with Gasteiger partial charge in [0.05, 0.1) is 55.1 Å². The van der Waals surface area contributed by atoms with E-state index in [1.165, 1.54) is 0 Å². The predicted molar refractivity (Wildman–Crippen MR) is 367 cm³/mol. The zero-order chi connectivity index (χ0) is 62.0. The van der Waals surface area contributed by atoms with Gasteiger partial charge in [-0.2, -0.15) is 5.26 Å². The van der Waals surface area contributed by atoms with Crippen molar-refractivity contribution in [2.24, 2.45) is 0 Å². The summed E-state index contributed by atoms with van der Waals surface area (Å²) in [6.07, 6.45) is 8.71. The number of aromatic nitrogens is 4. The number of fused-ring (bicyclic) bond motifs is 8. The normalized spacial score (nSPS) is 12.4. The van der Waals surface area contributed by atoms with Crippen LogP contribution in [-0.4, -0.2) is 69.7 Å². The Bertz CT molecular complexity index is 4300. The molecule has 1 atom stereocenters. The number of hydrogen-bond donors (Lipinski definition) is 2. The van der Waals surface area contributed by atoms with Gasteiger partial charge >= 0.3 is 0 Å². The second-order valence-corrected chi connectivity index (χ2v) is 24.5. The van der Waals surface area contributed by atoms with Crippen molar-refractivity contribution in [2.45, 2.75) is 65.6 Å². The summed E-state index contributed by atoms with van der Waals surface area (Å²) in [5.74, 6) is 1.13. The van der Waals surface area contributed by atoms with Gasteiger partial charge in [-0.05, 0) is 141 Å². The number of hydrogen-bond acceptors (Lipinski definition) is 9. The highest BCUT2D eigenvalue weighted by Gasteiger charge is 2.38. The monoisotopic (exact) mass is 1200 g/mol. The van der Waals surface area contributed by atoms with E-state index >= 15 is 0 Å². The summed E-state index contributed by atoms with van der Waals surface area (Å²) in [5, 5.41) is 9.41. The number of benzene rings is 7. The molecule has 0 amide bonds. The fourth-order valence-corrected chi connectivity index (χ4v) is 13.6. The molecule has 12 heteroatoms. The van der Waals surface area contributed by atoms with Gasteiger partial charge in [0.25, 0.3) is 8.53 Å². The highest BCUT2D eigenvalue weighted by atomic mass is 31.2. The molecule has 12 rings (SSSR count). The standard InChI is InChI=1S/C78H73N6O5P/c1-53(2)84(54(3)4)90(88-45-19-44-79)89-49-47-86-65-51-60(50-64(52-65)85-46-48-87-78(61-26-17-10-18-27-61,62-32-28-55(5)29-33-62)63-34-30-56(6)31-35-63)77-72-42-40-70(82-72)75(58-22-13-8-14-23-58)68-38-36-66(80-68)74(57-20-11-7-12-21-57)67-37-39-69(81-67)76(59-24-15-9-16-25-59)71-41-43-73(77)83-71/h7-18,20-43,50-54,80,83H,19,45-49H2,1-6H3. The molecule has 0 fully saturated rings. The average molecular weight is 1210 g/mol. The molecule has 2 aliphatic heterocycles. The van der Waals surface area contributed by atoms with Crippen molar-refractivity contribution in [3.05, 3.63) is 263 Å². The van der Waals surface area contributed by atoms with Gasteiger partial charge in [-0.25, -0.2) is 14.6 Å². The number of nitriles is 1. The molecule has 10 aromatic rings. The first-order chi connectivity index (χ1) is 44.0. The molecule has 7 aromatic carbocycles. The van der Waals surface area contributed by atoms with E-state index in [9.17, 15) is 5.26 Å². The summed E-state index contributed by atoms with van der Waals surface area (Å²) in [6.45, 7) is 13.8. The van der Waals surface area contributed by atoms with Crippen LogP contribution < -0.4 is 9.47 Å². The number of nitrogens with one attached hydrogen (secondary N) is 2. The molecule has 90 heavy (non-hydrogen) atoms. The zero-order valence-corrected chi connectivity index (χ0v) is 52.6. The van der Waals surface area contributed by atoms with E-state index in [-0.39, 0.29) is 51.5 Å². The van der Waals surface area contributed by atoms with Crippen molar-refractivity contribution in [1.82, 2.24) is 24.6 Å². The first-order valence-corrected chi connectivity index (χ1v) is 32.0. The third-order valence-electron chi connectivity index (χ3n) is 16.1. The van der Waals surface area contributed by atoms with E-state index in [0.29, 0.717) is 11.5 Å². The maximum Gasteiger partial charge on any atom is 0.259 e. The van der Waals surface area contributed by atoms with Gasteiger partial charge < -0.3 is 33.2 Å². The summed E-state index contributed by atoms with van der Waals surface area (Å²) in [6, 6.07) is 76.0. The minimum atomic E-state index is -1.50. The number of ether oxygens (including phenoxy) is 3. The van der Waals surface area contributed by atoms with Gasteiger partial charge in [-0.1, -0.05) is 181 Å². The number of nitrogens with zero attached hydrogens (tertiary/aromatic N) is 4. The third kappa shape index (κ3) is 13.3. The predicted octanol–water partition coefficient (Wildman–Crippen LogP) is 19.0. The largest absolute Gasteiger partial charge is 0.491 e. The first-order valence-electron chi connectivity index (χ1n) is 30.8. The smallest absolute Gasteiger partial charge is 0.259 e. The van der Waals surface area contributed by atoms with Crippen LogP contribution in [0.3, 0.4) is 0 Å². The summed E-state index contributed by atoms with van der Waals surface area (Å²) >= 11 is 0. The molecule has 5 heterocycles. The summed E-state index contributed by atoms with van der Waals surface area (Å²) < 4.78 is 36.1. The van der Waals surface area contributed by atoms with Crippen molar-refractivity contribution in [1.29, 1.82) is 5.26 Å². The Morgan fingerprint density at radius 2 is 0.800 bits per heavy atom. The molecule has 2 aliphatic rings. The highest BCUT2D eigenvalue weighted by Crippen LogP contribution is 2.47. The second kappa shape index (κ2) is 27.9. The highest BCUT2D eigenvalue weighted by molar-refractivity contribution is 7.44. The fourth-order valence-electron chi connectivity index (χ4n) is 12.1. The Labute approximate surface area is 528 Å². The maximum atomic E-state index is 9.41. The van der Waals surface area contributed by atoms with Crippen LogP contribution >= 0.6 is 8.53 Å². The Balaban J connectivity index is 1.02. The van der Waals surface area contributed by atoms with Crippen molar-refractivity contribution in [3.63, 3.8) is 0 Å². The lowest BCUT2D eigenvalue weighted by atomic mass is 9.79. The molecular weight excluding hydrogens is 1130 g/mol. The van der Waals surface area contributed by atoms with Gasteiger partial charge in [0.2, 0.25) is 0 Å². The average Bonchev–Trinajstić information content (AvgIpc) is 1.21. The number of aryl methyl sites for hydroxylation is 2. The van der Waals surface area contributed by atoms with E-state index < -0.39 is 14.1 Å². The topological polar surface area (TPSA) is 131 Å². The molecule has 0 aliphatic carbocycles. The molecule has 0 saturated carbocycles. The molecule has 1 unspecified atom stereocenters.